The predicted octanol–water partition coefficient (Wildman–Crippen LogP) is 2.58. The molecule has 1 aromatic rings. The van der Waals surface area contributed by atoms with E-state index in [1.54, 1.807) is 12.1 Å². The Kier molecular flexibility index (Phi) is 5.85. The number of benzene rings is 1. The zero-order chi connectivity index (χ0) is 16.9. The van der Waals surface area contributed by atoms with E-state index in [9.17, 15) is 14.3 Å². The van der Waals surface area contributed by atoms with Gasteiger partial charge in [-0.3, -0.25) is 9.69 Å². The maximum absolute atomic E-state index is 13.3. The molecule has 1 aliphatic heterocycles. The van der Waals surface area contributed by atoms with Crippen LogP contribution in [0.25, 0.3) is 0 Å². The molecular weight excluding hydrogens is 307 g/mol. The van der Waals surface area contributed by atoms with Gasteiger partial charge in [0.15, 0.2) is 0 Å². The van der Waals surface area contributed by atoms with Crippen molar-refractivity contribution >= 4 is 5.91 Å². The summed E-state index contributed by atoms with van der Waals surface area (Å²) in [6, 6.07) is 6.13. The van der Waals surface area contributed by atoms with Gasteiger partial charge in [0.25, 0.3) is 0 Å². The second-order valence-corrected chi connectivity index (χ2v) is 7.03. The molecule has 0 radical (unpaired) electrons. The van der Waals surface area contributed by atoms with E-state index >= 15 is 0 Å². The lowest BCUT2D eigenvalue weighted by atomic mass is 9.88. The minimum Gasteiger partial charge on any atom is -0.387 e. The van der Waals surface area contributed by atoms with Crippen LogP contribution in [0.2, 0.25) is 0 Å². The zero-order valence-electron chi connectivity index (χ0n) is 14.2. The number of piperazine rings is 1. The molecule has 4 nitrogen and oxygen atoms in total. The van der Waals surface area contributed by atoms with Gasteiger partial charge in [-0.15, -0.1) is 0 Å². The number of rotatable bonds is 4. The molecule has 3 rings (SSSR count). The summed E-state index contributed by atoms with van der Waals surface area (Å²) >= 11 is 0. The summed E-state index contributed by atoms with van der Waals surface area (Å²) in [6.07, 6.45) is 5.00. The highest BCUT2D eigenvalue weighted by molar-refractivity contribution is 5.79. The van der Waals surface area contributed by atoms with Crippen LogP contribution in [0.5, 0.6) is 0 Å². The average molecular weight is 334 g/mol. The van der Waals surface area contributed by atoms with Gasteiger partial charge < -0.3 is 10.0 Å². The van der Waals surface area contributed by atoms with E-state index in [-0.39, 0.29) is 11.7 Å². The molecule has 5 heteroatoms. The Bertz CT molecular complexity index is 552. The Morgan fingerprint density at radius 1 is 1.17 bits per heavy atom. The first-order valence-electron chi connectivity index (χ1n) is 9.08. The molecule has 0 aromatic heterocycles. The van der Waals surface area contributed by atoms with Crippen LogP contribution in [0, 0.1) is 11.7 Å². The van der Waals surface area contributed by atoms with Crippen molar-refractivity contribution in [1.82, 2.24) is 9.80 Å². The largest absolute Gasteiger partial charge is 0.387 e. The number of carbonyl (C=O) groups is 1. The third kappa shape index (κ3) is 4.33. The van der Waals surface area contributed by atoms with Gasteiger partial charge in [-0.2, -0.15) is 0 Å². The SMILES string of the molecule is O=C(C1CCCCC1)N1CCN(C[C@H](O)c2cccc(F)c2)CC1. The Morgan fingerprint density at radius 3 is 2.54 bits per heavy atom. The summed E-state index contributed by atoms with van der Waals surface area (Å²) in [5.74, 6) is 0.220. The number of hydrogen-bond acceptors (Lipinski definition) is 3. The number of carbonyl (C=O) groups excluding carboxylic acids is 1. The van der Waals surface area contributed by atoms with Crippen molar-refractivity contribution in [3.05, 3.63) is 35.6 Å². The van der Waals surface area contributed by atoms with E-state index in [2.05, 4.69) is 4.90 Å². The summed E-state index contributed by atoms with van der Waals surface area (Å²) < 4.78 is 13.3. The highest BCUT2D eigenvalue weighted by Crippen LogP contribution is 2.26. The van der Waals surface area contributed by atoms with E-state index in [0.29, 0.717) is 18.0 Å². The summed E-state index contributed by atoms with van der Waals surface area (Å²) in [4.78, 5) is 16.7. The molecule has 1 N–H and O–H groups in total. The van der Waals surface area contributed by atoms with Crippen LogP contribution in [-0.2, 0) is 4.79 Å². The van der Waals surface area contributed by atoms with E-state index < -0.39 is 6.10 Å². The summed E-state index contributed by atoms with van der Waals surface area (Å²) in [7, 11) is 0. The van der Waals surface area contributed by atoms with Gasteiger partial charge >= 0.3 is 0 Å². The number of amides is 1. The third-order valence-electron chi connectivity index (χ3n) is 5.30. The summed E-state index contributed by atoms with van der Waals surface area (Å²) in [5.41, 5.74) is 0.607. The van der Waals surface area contributed by atoms with Crippen molar-refractivity contribution in [2.24, 2.45) is 5.92 Å². The molecule has 0 unspecified atom stereocenters. The van der Waals surface area contributed by atoms with E-state index in [1.165, 1.54) is 31.4 Å². The van der Waals surface area contributed by atoms with Crippen molar-refractivity contribution in [2.75, 3.05) is 32.7 Å². The molecule has 1 saturated heterocycles. The Morgan fingerprint density at radius 2 is 1.88 bits per heavy atom. The fourth-order valence-electron chi connectivity index (χ4n) is 3.82. The standard InChI is InChI=1S/C19H27FN2O2/c20-17-8-4-7-16(13-17)18(23)14-21-9-11-22(12-10-21)19(24)15-5-2-1-3-6-15/h4,7-8,13,15,18,23H,1-3,5-6,9-12,14H2/t18-/m0/s1. The molecule has 0 spiro atoms. The first-order valence-corrected chi connectivity index (χ1v) is 9.08. The first-order chi connectivity index (χ1) is 11.6. The fraction of sp³-hybridized carbons (Fsp3) is 0.632. The second kappa shape index (κ2) is 8.08. The lowest BCUT2D eigenvalue weighted by molar-refractivity contribution is -0.138. The van der Waals surface area contributed by atoms with Crippen molar-refractivity contribution in [3.63, 3.8) is 0 Å². The van der Waals surface area contributed by atoms with Gasteiger partial charge in [0.1, 0.15) is 5.82 Å². The van der Waals surface area contributed by atoms with Crippen molar-refractivity contribution in [1.29, 1.82) is 0 Å². The minimum atomic E-state index is -0.693. The van der Waals surface area contributed by atoms with Crippen LogP contribution < -0.4 is 0 Å². The lowest BCUT2D eigenvalue weighted by Gasteiger charge is -2.37. The Hall–Kier alpha value is -1.46. The molecule has 1 heterocycles. The lowest BCUT2D eigenvalue weighted by Crippen LogP contribution is -2.51. The Labute approximate surface area is 143 Å². The number of hydrogen-bond donors (Lipinski definition) is 1. The average Bonchev–Trinajstić information content (AvgIpc) is 2.62. The normalized spacial score (nSPS) is 21.7. The highest BCUT2D eigenvalue weighted by Gasteiger charge is 2.28. The van der Waals surface area contributed by atoms with E-state index in [1.807, 2.05) is 4.90 Å². The van der Waals surface area contributed by atoms with E-state index in [0.717, 1.165) is 39.0 Å². The molecule has 0 bridgehead atoms. The fourth-order valence-corrected chi connectivity index (χ4v) is 3.82. The molecule has 24 heavy (non-hydrogen) atoms. The van der Waals surface area contributed by atoms with Crippen LogP contribution in [0.4, 0.5) is 4.39 Å². The number of β-amino-alcohol motifs (C(OH)–C–C–N with tert-alkyl or cyclic N) is 1. The minimum absolute atomic E-state index is 0.225. The van der Waals surface area contributed by atoms with Gasteiger partial charge in [-0.1, -0.05) is 31.4 Å². The Balaban J connectivity index is 1.47. The first kappa shape index (κ1) is 17.4. The van der Waals surface area contributed by atoms with Crippen molar-refractivity contribution < 1.29 is 14.3 Å². The smallest absolute Gasteiger partial charge is 0.225 e. The third-order valence-corrected chi connectivity index (χ3v) is 5.30. The topological polar surface area (TPSA) is 43.8 Å². The molecule has 1 atom stereocenters. The second-order valence-electron chi connectivity index (χ2n) is 7.03. The molecule has 2 aliphatic rings. The van der Waals surface area contributed by atoms with Gasteiger partial charge in [-0.25, -0.2) is 4.39 Å². The van der Waals surface area contributed by atoms with Crippen LogP contribution in [-0.4, -0.2) is 53.5 Å². The molecule has 1 saturated carbocycles. The molecule has 132 valence electrons. The number of aliphatic hydroxyl groups is 1. The van der Waals surface area contributed by atoms with Crippen molar-refractivity contribution in [3.8, 4) is 0 Å². The molecule has 2 fully saturated rings. The maximum atomic E-state index is 13.3. The summed E-state index contributed by atoms with van der Waals surface area (Å²) in [6.45, 7) is 3.47. The van der Waals surface area contributed by atoms with Gasteiger partial charge in [0.2, 0.25) is 5.91 Å². The summed E-state index contributed by atoms with van der Waals surface area (Å²) in [5, 5.41) is 10.3. The van der Waals surface area contributed by atoms with Crippen LogP contribution >= 0.6 is 0 Å². The maximum Gasteiger partial charge on any atom is 0.225 e. The van der Waals surface area contributed by atoms with E-state index in [4.69, 9.17) is 0 Å². The molecular formula is C19H27FN2O2. The monoisotopic (exact) mass is 334 g/mol. The number of aliphatic hydroxyl groups excluding tert-OH is 1. The van der Waals surface area contributed by atoms with Gasteiger partial charge in [0.05, 0.1) is 6.10 Å². The molecule has 1 amide bonds. The highest BCUT2D eigenvalue weighted by atomic mass is 19.1. The van der Waals surface area contributed by atoms with Gasteiger partial charge in [0, 0.05) is 38.6 Å². The zero-order valence-corrected chi connectivity index (χ0v) is 14.2. The van der Waals surface area contributed by atoms with Crippen LogP contribution in [0.1, 0.15) is 43.8 Å². The van der Waals surface area contributed by atoms with Crippen LogP contribution in [0.3, 0.4) is 0 Å². The number of nitrogens with zero attached hydrogens (tertiary/aromatic N) is 2. The number of halogens is 1. The van der Waals surface area contributed by atoms with Crippen molar-refractivity contribution in [2.45, 2.75) is 38.2 Å². The predicted molar refractivity (Wildman–Crippen MR) is 91.0 cm³/mol. The van der Waals surface area contributed by atoms with Gasteiger partial charge in [-0.05, 0) is 30.5 Å². The van der Waals surface area contributed by atoms with Crippen LogP contribution in [0.15, 0.2) is 24.3 Å². The molecule has 1 aromatic carbocycles. The quantitative estimate of drug-likeness (QED) is 0.920. The molecule has 1 aliphatic carbocycles.